The number of piperidine rings is 1. The maximum atomic E-state index is 12.6. The molecule has 1 aliphatic heterocycles. The molecule has 0 aliphatic carbocycles. The van der Waals surface area contributed by atoms with Gasteiger partial charge in [-0.3, -0.25) is 9.78 Å². The number of ether oxygens (including phenoxy) is 1. The lowest BCUT2D eigenvalue weighted by molar-refractivity contribution is 0.0594. The maximum absolute atomic E-state index is 12.6. The van der Waals surface area contributed by atoms with E-state index in [1.54, 1.807) is 18.6 Å². The van der Waals surface area contributed by atoms with Crippen LogP contribution in [-0.4, -0.2) is 53.6 Å². The van der Waals surface area contributed by atoms with Crippen molar-refractivity contribution in [3.63, 3.8) is 0 Å². The molecular formula is C19H24N4O2. The number of amides is 1. The minimum atomic E-state index is 0.0398. The molecule has 3 rings (SSSR count). The molecule has 1 fully saturated rings. The average Bonchev–Trinajstić information content (AvgIpc) is 2.68. The number of pyridine rings is 2. The van der Waals surface area contributed by atoms with Crippen LogP contribution in [0, 0.1) is 0 Å². The van der Waals surface area contributed by atoms with Gasteiger partial charge in [0.1, 0.15) is 17.7 Å². The fraction of sp³-hybridized carbons (Fsp3) is 0.421. The highest BCUT2D eigenvalue weighted by Crippen LogP contribution is 2.19. The molecule has 0 saturated carbocycles. The van der Waals surface area contributed by atoms with Gasteiger partial charge < -0.3 is 14.5 Å². The molecule has 2 aromatic rings. The third-order valence-electron chi connectivity index (χ3n) is 4.53. The Morgan fingerprint density at radius 1 is 1.28 bits per heavy atom. The second-order valence-electron chi connectivity index (χ2n) is 6.22. The van der Waals surface area contributed by atoms with Gasteiger partial charge in [-0.15, -0.1) is 0 Å². The molecule has 132 valence electrons. The molecule has 0 unspecified atom stereocenters. The molecule has 0 aromatic carbocycles. The number of nitrogens with zero attached hydrogens (tertiary/aromatic N) is 4. The first-order chi connectivity index (χ1) is 12.2. The first kappa shape index (κ1) is 17.2. The van der Waals surface area contributed by atoms with E-state index in [1.165, 1.54) is 0 Å². The summed E-state index contributed by atoms with van der Waals surface area (Å²) >= 11 is 0. The molecule has 25 heavy (non-hydrogen) atoms. The second-order valence-corrected chi connectivity index (χ2v) is 6.22. The lowest BCUT2D eigenvalue weighted by atomic mass is 10.1. The van der Waals surface area contributed by atoms with Crippen molar-refractivity contribution in [2.75, 3.05) is 31.6 Å². The second kappa shape index (κ2) is 7.96. The monoisotopic (exact) mass is 340 g/mol. The number of carbonyl (C=O) groups is 1. The Bertz CT molecular complexity index is 682. The number of anilines is 1. The Morgan fingerprint density at radius 2 is 2.08 bits per heavy atom. The summed E-state index contributed by atoms with van der Waals surface area (Å²) < 4.78 is 5.93. The van der Waals surface area contributed by atoms with Gasteiger partial charge in [0.05, 0.1) is 11.8 Å². The van der Waals surface area contributed by atoms with E-state index in [1.807, 2.05) is 41.1 Å². The number of hydrogen-bond donors (Lipinski definition) is 0. The summed E-state index contributed by atoms with van der Waals surface area (Å²) in [6, 6.07) is 7.52. The lowest BCUT2D eigenvalue weighted by Gasteiger charge is -2.32. The Hall–Kier alpha value is -2.63. The highest BCUT2D eigenvalue weighted by atomic mass is 16.5. The van der Waals surface area contributed by atoms with Gasteiger partial charge in [-0.25, -0.2) is 4.98 Å². The highest BCUT2D eigenvalue weighted by Gasteiger charge is 2.25. The fourth-order valence-corrected chi connectivity index (χ4v) is 2.87. The topological polar surface area (TPSA) is 58.6 Å². The number of carbonyl (C=O) groups excluding carboxylic acids is 1. The average molecular weight is 340 g/mol. The van der Waals surface area contributed by atoms with Gasteiger partial charge in [-0.2, -0.15) is 0 Å². The zero-order chi connectivity index (χ0) is 17.6. The van der Waals surface area contributed by atoms with Crippen LogP contribution in [0.1, 0.15) is 30.1 Å². The molecule has 2 aromatic heterocycles. The van der Waals surface area contributed by atoms with Crippen molar-refractivity contribution in [1.82, 2.24) is 14.9 Å². The Morgan fingerprint density at radius 3 is 2.68 bits per heavy atom. The largest absolute Gasteiger partial charge is 0.489 e. The molecule has 1 saturated heterocycles. The summed E-state index contributed by atoms with van der Waals surface area (Å²) in [5, 5.41) is 0. The molecule has 0 N–H and O–H groups in total. The smallest absolute Gasteiger partial charge is 0.255 e. The van der Waals surface area contributed by atoms with Gasteiger partial charge >= 0.3 is 0 Å². The molecule has 0 bridgehead atoms. The van der Waals surface area contributed by atoms with E-state index >= 15 is 0 Å². The van der Waals surface area contributed by atoms with Crippen LogP contribution in [0.15, 0.2) is 42.9 Å². The molecular weight excluding hydrogens is 316 g/mol. The summed E-state index contributed by atoms with van der Waals surface area (Å²) in [7, 11) is 1.98. The van der Waals surface area contributed by atoms with Crippen molar-refractivity contribution >= 4 is 11.7 Å². The van der Waals surface area contributed by atoms with Gasteiger partial charge in [0.25, 0.3) is 5.91 Å². The Labute approximate surface area is 148 Å². The van der Waals surface area contributed by atoms with Gasteiger partial charge in [0.2, 0.25) is 0 Å². The van der Waals surface area contributed by atoms with E-state index in [0.717, 1.165) is 31.0 Å². The summed E-state index contributed by atoms with van der Waals surface area (Å²) in [4.78, 5) is 25.0. The minimum Gasteiger partial charge on any atom is -0.489 e. The predicted octanol–water partition coefficient (Wildman–Crippen LogP) is 2.62. The first-order valence-electron chi connectivity index (χ1n) is 8.70. The maximum Gasteiger partial charge on any atom is 0.255 e. The summed E-state index contributed by atoms with van der Waals surface area (Å²) in [6.07, 6.45) is 6.90. The molecule has 0 atom stereocenters. The van der Waals surface area contributed by atoms with E-state index in [0.29, 0.717) is 18.7 Å². The minimum absolute atomic E-state index is 0.0398. The number of likely N-dealkylation sites (tertiary alicyclic amines) is 1. The van der Waals surface area contributed by atoms with Crippen molar-refractivity contribution in [3.05, 3.63) is 48.4 Å². The third-order valence-corrected chi connectivity index (χ3v) is 4.53. The molecule has 0 spiro atoms. The van der Waals surface area contributed by atoms with Crippen LogP contribution in [0.5, 0.6) is 5.75 Å². The van der Waals surface area contributed by atoms with E-state index in [9.17, 15) is 4.79 Å². The van der Waals surface area contributed by atoms with Gasteiger partial charge in [-0.05, 0) is 31.2 Å². The first-order valence-corrected chi connectivity index (χ1v) is 8.70. The van der Waals surface area contributed by atoms with Crippen molar-refractivity contribution in [2.45, 2.75) is 25.9 Å². The van der Waals surface area contributed by atoms with Gasteiger partial charge in [-0.1, -0.05) is 0 Å². The van der Waals surface area contributed by atoms with Crippen molar-refractivity contribution in [2.24, 2.45) is 0 Å². The molecule has 0 radical (unpaired) electrons. The zero-order valence-corrected chi connectivity index (χ0v) is 14.8. The Balaban J connectivity index is 1.54. The number of aromatic nitrogens is 2. The normalized spacial score (nSPS) is 15.0. The van der Waals surface area contributed by atoms with Crippen LogP contribution in [0.3, 0.4) is 0 Å². The van der Waals surface area contributed by atoms with Crippen LogP contribution in [0.2, 0.25) is 0 Å². The summed E-state index contributed by atoms with van der Waals surface area (Å²) in [5.74, 6) is 1.70. The van der Waals surface area contributed by atoms with Gasteiger partial charge in [0, 0.05) is 51.9 Å². The molecule has 6 nitrogen and oxygen atoms in total. The van der Waals surface area contributed by atoms with Crippen molar-refractivity contribution < 1.29 is 9.53 Å². The lowest BCUT2D eigenvalue weighted by Crippen LogP contribution is -2.41. The number of hydrogen-bond acceptors (Lipinski definition) is 5. The molecule has 1 aliphatic rings. The van der Waals surface area contributed by atoms with Crippen molar-refractivity contribution in [3.8, 4) is 5.75 Å². The SMILES string of the molecule is CCN(C)c1ccc(C(=O)N2CCC(Oc3cccnc3)CC2)cn1. The fourth-order valence-electron chi connectivity index (χ4n) is 2.87. The summed E-state index contributed by atoms with van der Waals surface area (Å²) in [5.41, 5.74) is 0.639. The zero-order valence-electron chi connectivity index (χ0n) is 14.8. The van der Waals surface area contributed by atoms with Crippen LogP contribution in [0.25, 0.3) is 0 Å². The van der Waals surface area contributed by atoms with Crippen LogP contribution in [0.4, 0.5) is 5.82 Å². The van der Waals surface area contributed by atoms with Crippen LogP contribution < -0.4 is 9.64 Å². The van der Waals surface area contributed by atoms with Crippen LogP contribution >= 0.6 is 0 Å². The molecule has 3 heterocycles. The summed E-state index contributed by atoms with van der Waals surface area (Å²) in [6.45, 7) is 4.34. The van der Waals surface area contributed by atoms with E-state index < -0.39 is 0 Å². The third kappa shape index (κ3) is 4.26. The highest BCUT2D eigenvalue weighted by molar-refractivity contribution is 5.94. The van der Waals surface area contributed by atoms with E-state index in [4.69, 9.17) is 4.74 Å². The Kier molecular flexibility index (Phi) is 5.48. The van der Waals surface area contributed by atoms with E-state index in [2.05, 4.69) is 16.9 Å². The van der Waals surface area contributed by atoms with Crippen molar-refractivity contribution in [1.29, 1.82) is 0 Å². The van der Waals surface area contributed by atoms with Gasteiger partial charge in [0.15, 0.2) is 0 Å². The number of rotatable bonds is 5. The molecule has 6 heteroatoms. The molecule has 1 amide bonds. The quantitative estimate of drug-likeness (QED) is 0.837. The standard InChI is InChI=1S/C19H24N4O2/c1-3-22(2)18-7-6-15(13-21-18)19(24)23-11-8-16(9-12-23)25-17-5-4-10-20-14-17/h4-7,10,13-14,16H,3,8-9,11-12H2,1-2H3. The van der Waals surface area contributed by atoms with E-state index in [-0.39, 0.29) is 12.0 Å². The predicted molar refractivity (Wildman–Crippen MR) is 97.0 cm³/mol. The van der Waals surface area contributed by atoms with Crippen LogP contribution in [-0.2, 0) is 0 Å².